The number of rotatable bonds is 4. The van der Waals surface area contributed by atoms with Gasteiger partial charge in [-0.1, -0.05) is 19.9 Å². The van der Waals surface area contributed by atoms with Crippen molar-refractivity contribution in [2.24, 2.45) is 10.9 Å². The van der Waals surface area contributed by atoms with Crippen LogP contribution in [-0.2, 0) is 6.54 Å². The van der Waals surface area contributed by atoms with Crippen LogP contribution in [0, 0.1) is 23.1 Å². The van der Waals surface area contributed by atoms with Crippen molar-refractivity contribution >= 4 is 29.9 Å². The summed E-state index contributed by atoms with van der Waals surface area (Å²) in [6, 6.07) is 6.64. The third kappa shape index (κ3) is 6.29. The van der Waals surface area contributed by atoms with Crippen LogP contribution in [0.5, 0.6) is 0 Å². The van der Waals surface area contributed by atoms with Crippen LogP contribution < -0.4 is 10.6 Å². The first-order chi connectivity index (χ1) is 9.47. The van der Waals surface area contributed by atoms with E-state index < -0.39 is 0 Å². The van der Waals surface area contributed by atoms with Gasteiger partial charge in [0.1, 0.15) is 5.82 Å². The van der Waals surface area contributed by atoms with Crippen molar-refractivity contribution in [1.29, 1.82) is 5.26 Å². The van der Waals surface area contributed by atoms with Gasteiger partial charge in [0.15, 0.2) is 5.96 Å². The molecule has 0 amide bonds. The Balaban J connectivity index is 0.00000400. The van der Waals surface area contributed by atoms with E-state index in [1.54, 1.807) is 19.2 Å². The summed E-state index contributed by atoms with van der Waals surface area (Å²) in [5, 5.41) is 15.0. The molecule has 0 saturated heterocycles. The number of halogens is 2. The Morgan fingerprint density at radius 3 is 2.52 bits per heavy atom. The maximum atomic E-state index is 13.7. The highest BCUT2D eigenvalue weighted by molar-refractivity contribution is 14.0. The fourth-order valence-corrected chi connectivity index (χ4v) is 1.52. The minimum Gasteiger partial charge on any atom is -0.354 e. The molecule has 2 N–H and O–H groups in total. The molecule has 0 spiro atoms. The quantitative estimate of drug-likeness (QED) is 0.461. The fraction of sp³-hybridized carbons (Fsp3) is 0.467. The van der Waals surface area contributed by atoms with Crippen molar-refractivity contribution in [2.75, 3.05) is 7.05 Å². The van der Waals surface area contributed by atoms with Gasteiger partial charge in [0.2, 0.25) is 0 Å². The van der Waals surface area contributed by atoms with E-state index >= 15 is 0 Å². The van der Waals surface area contributed by atoms with E-state index in [0.29, 0.717) is 29.5 Å². The Kier molecular flexibility index (Phi) is 8.93. The maximum Gasteiger partial charge on any atom is 0.191 e. The molecular weight excluding hydrogens is 382 g/mol. The summed E-state index contributed by atoms with van der Waals surface area (Å²) in [6.45, 7) is 6.62. The monoisotopic (exact) mass is 404 g/mol. The summed E-state index contributed by atoms with van der Waals surface area (Å²) >= 11 is 0. The molecule has 0 bridgehead atoms. The van der Waals surface area contributed by atoms with Crippen LogP contribution in [-0.4, -0.2) is 19.0 Å². The molecule has 1 aromatic rings. The fourth-order valence-electron chi connectivity index (χ4n) is 1.52. The average Bonchev–Trinajstić information content (AvgIpc) is 2.43. The van der Waals surface area contributed by atoms with Crippen LogP contribution in [0.3, 0.4) is 0 Å². The lowest BCUT2D eigenvalue weighted by Crippen LogP contribution is -2.43. The van der Waals surface area contributed by atoms with Crippen LogP contribution in [0.4, 0.5) is 4.39 Å². The third-order valence-electron chi connectivity index (χ3n) is 3.22. The van der Waals surface area contributed by atoms with Gasteiger partial charge in [-0.15, -0.1) is 24.0 Å². The second-order valence-corrected chi connectivity index (χ2v) is 5.02. The zero-order valence-electron chi connectivity index (χ0n) is 12.8. The van der Waals surface area contributed by atoms with Gasteiger partial charge < -0.3 is 10.6 Å². The van der Waals surface area contributed by atoms with Crippen LogP contribution in [0.25, 0.3) is 0 Å². The van der Waals surface area contributed by atoms with E-state index in [4.69, 9.17) is 5.26 Å². The second kappa shape index (κ2) is 9.55. The molecule has 0 aliphatic rings. The van der Waals surface area contributed by atoms with Gasteiger partial charge in [-0.3, -0.25) is 4.99 Å². The highest BCUT2D eigenvalue weighted by atomic mass is 127. The molecule has 0 heterocycles. The number of aliphatic imine (C=N–C) groups is 1. The van der Waals surface area contributed by atoms with Crippen molar-refractivity contribution in [3.8, 4) is 6.07 Å². The second-order valence-electron chi connectivity index (χ2n) is 5.02. The Morgan fingerprint density at radius 2 is 2.05 bits per heavy atom. The van der Waals surface area contributed by atoms with Crippen LogP contribution >= 0.6 is 24.0 Å². The van der Waals surface area contributed by atoms with E-state index in [1.807, 2.05) is 6.07 Å². The number of nitrogens with zero attached hydrogens (tertiary/aromatic N) is 2. The molecular formula is C15H22FIN4. The van der Waals surface area contributed by atoms with Gasteiger partial charge in [-0.2, -0.15) is 5.26 Å². The molecule has 4 nitrogen and oxygen atoms in total. The van der Waals surface area contributed by atoms with Gasteiger partial charge in [0, 0.05) is 25.2 Å². The Morgan fingerprint density at radius 1 is 1.38 bits per heavy atom. The number of hydrogen-bond acceptors (Lipinski definition) is 2. The highest BCUT2D eigenvalue weighted by Crippen LogP contribution is 2.09. The van der Waals surface area contributed by atoms with Crippen LogP contribution in [0.2, 0.25) is 0 Å². The smallest absolute Gasteiger partial charge is 0.191 e. The van der Waals surface area contributed by atoms with Gasteiger partial charge >= 0.3 is 0 Å². The Hall–Kier alpha value is -1.36. The van der Waals surface area contributed by atoms with E-state index in [9.17, 15) is 4.39 Å². The van der Waals surface area contributed by atoms with Crippen molar-refractivity contribution in [3.63, 3.8) is 0 Å². The van der Waals surface area contributed by atoms with Gasteiger partial charge in [0.05, 0.1) is 11.6 Å². The summed E-state index contributed by atoms with van der Waals surface area (Å²) in [5.41, 5.74) is 0.825. The van der Waals surface area contributed by atoms with Crippen molar-refractivity contribution in [2.45, 2.75) is 33.4 Å². The summed E-state index contributed by atoms with van der Waals surface area (Å²) in [5.74, 6) is 0.721. The molecule has 0 aromatic heterocycles. The SMILES string of the molecule is CN=C(NCc1ccc(C#N)cc1F)NC(C)C(C)C.I. The predicted molar refractivity (Wildman–Crippen MR) is 94.2 cm³/mol. The Bertz CT molecular complexity index is 523. The molecule has 6 heteroatoms. The largest absolute Gasteiger partial charge is 0.354 e. The molecule has 1 rings (SSSR count). The first kappa shape index (κ1) is 19.6. The lowest BCUT2D eigenvalue weighted by molar-refractivity contribution is 0.480. The average molecular weight is 404 g/mol. The van der Waals surface area contributed by atoms with Crippen LogP contribution in [0.15, 0.2) is 23.2 Å². The molecule has 1 aromatic carbocycles. The summed E-state index contributed by atoms with van der Waals surface area (Å²) < 4.78 is 13.7. The summed E-state index contributed by atoms with van der Waals surface area (Å²) in [4.78, 5) is 4.11. The molecule has 1 unspecified atom stereocenters. The Labute approximate surface area is 142 Å². The molecule has 0 fully saturated rings. The minimum absolute atomic E-state index is 0. The lowest BCUT2D eigenvalue weighted by Gasteiger charge is -2.20. The topological polar surface area (TPSA) is 60.2 Å². The zero-order chi connectivity index (χ0) is 15.1. The van der Waals surface area contributed by atoms with E-state index in [-0.39, 0.29) is 35.8 Å². The van der Waals surface area contributed by atoms with E-state index in [1.165, 1.54) is 6.07 Å². The van der Waals surface area contributed by atoms with Crippen molar-refractivity contribution < 1.29 is 4.39 Å². The third-order valence-corrected chi connectivity index (χ3v) is 3.22. The predicted octanol–water partition coefficient (Wildman–Crippen LogP) is 3.02. The number of benzene rings is 1. The normalized spacial score (nSPS) is 12.3. The van der Waals surface area contributed by atoms with E-state index in [2.05, 4.69) is 36.4 Å². The molecule has 116 valence electrons. The summed E-state index contributed by atoms with van der Waals surface area (Å²) in [7, 11) is 1.68. The van der Waals surface area contributed by atoms with E-state index in [0.717, 1.165) is 0 Å². The van der Waals surface area contributed by atoms with Gasteiger partial charge in [-0.05, 0) is 25.0 Å². The number of guanidine groups is 1. The maximum absolute atomic E-state index is 13.7. The molecule has 0 saturated carbocycles. The van der Waals surface area contributed by atoms with Crippen LogP contribution in [0.1, 0.15) is 31.9 Å². The number of nitrogens with one attached hydrogen (secondary N) is 2. The first-order valence-electron chi connectivity index (χ1n) is 6.63. The highest BCUT2D eigenvalue weighted by Gasteiger charge is 2.09. The standard InChI is InChI=1S/C15H21FN4.HI/c1-10(2)11(3)20-15(18-4)19-9-13-6-5-12(8-17)7-14(13)16;/h5-7,10-11H,9H2,1-4H3,(H2,18,19,20);1H. The van der Waals surface area contributed by atoms with Crippen molar-refractivity contribution in [1.82, 2.24) is 10.6 Å². The minimum atomic E-state index is -0.385. The molecule has 0 aliphatic carbocycles. The summed E-state index contributed by atoms with van der Waals surface area (Å²) in [6.07, 6.45) is 0. The number of nitriles is 1. The molecule has 0 radical (unpaired) electrons. The van der Waals surface area contributed by atoms with Crippen molar-refractivity contribution in [3.05, 3.63) is 35.1 Å². The number of hydrogen-bond donors (Lipinski definition) is 2. The van der Waals surface area contributed by atoms with Gasteiger partial charge in [-0.25, -0.2) is 4.39 Å². The van der Waals surface area contributed by atoms with Gasteiger partial charge in [0.25, 0.3) is 0 Å². The molecule has 1 atom stereocenters. The lowest BCUT2D eigenvalue weighted by atomic mass is 10.1. The first-order valence-corrected chi connectivity index (χ1v) is 6.63. The molecule has 0 aliphatic heterocycles. The molecule has 21 heavy (non-hydrogen) atoms. The zero-order valence-corrected chi connectivity index (χ0v) is 15.1.